The number of nitrogens with one attached hydrogen (secondary N) is 2. The summed E-state index contributed by atoms with van der Waals surface area (Å²) in [5.74, 6) is 0.951. The van der Waals surface area contributed by atoms with Gasteiger partial charge in [0.2, 0.25) is 5.91 Å². The highest BCUT2D eigenvalue weighted by Crippen LogP contribution is 2.27. The van der Waals surface area contributed by atoms with Gasteiger partial charge in [-0.15, -0.1) is 0 Å². The van der Waals surface area contributed by atoms with E-state index in [0.29, 0.717) is 18.5 Å². The fourth-order valence-corrected chi connectivity index (χ4v) is 3.41. The Labute approximate surface area is 126 Å². The fraction of sp³-hybridized carbons (Fsp3) is 0.588. The zero-order valence-electron chi connectivity index (χ0n) is 12.6. The van der Waals surface area contributed by atoms with Crippen LogP contribution in [0.15, 0.2) is 30.3 Å². The van der Waals surface area contributed by atoms with E-state index >= 15 is 0 Å². The Balaban J connectivity index is 1.43. The maximum atomic E-state index is 11.8. The first-order chi connectivity index (χ1) is 10.3. The molecule has 1 aromatic rings. The Morgan fingerprint density at radius 2 is 1.90 bits per heavy atom. The van der Waals surface area contributed by atoms with Gasteiger partial charge in [0.25, 0.3) is 0 Å². The molecular weight excluding hydrogens is 262 g/mol. The van der Waals surface area contributed by atoms with Crippen molar-refractivity contribution in [2.45, 2.75) is 31.7 Å². The van der Waals surface area contributed by atoms with E-state index < -0.39 is 0 Å². The third-order valence-electron chi connectivity index (χ3n) is 4.66. The molecule has 0 atom stereocenters. The number of amides is 1. The molecule has 1 amide bonds. The average Bonchev–Trinajstić information content (AvgIpc) is 2.52. The maximum Gasteiger partial charge on any atom is 0.236 e. The summed E-state index contributed by atoms with van der Waals surface area (Å²) in [6, 6.07) is 11.0. The molecule has 2 fully saturated rings. The molecule has 4 nitrogen and oxygen atoms in total. The highest BCUT2D eigenvalue weighted by molar-refractivity contribution is 5.78. The van der Waals surface area contributed by atoms with Gasteiger partial charge in [0.15, 0.2) is 0 Å². The first kappa shape index (κ1) is 14.4. The lowest BCUT2D eigenvalue weighted by Crippen LogP contribution is -2.50. The number of benzene rings is 1. The van der Waals surface area contributed by atoms with Crippen molar-refractivity contribution in [3.8, 4) is 0 Å². The van der Waals surface area contributed by atoms with Crippen LogP contribution >= 0.6 is 0 Å². The van der Waals surface area contributed by atoms with Gasteiger partial charge in [-0.3, -0.25) is 4.79 Å². The molecule has 4 heteroatoms. The average molecular weight is 287 g/mol. The molecule has 1 aliphatic carbocycles. The first-order valence-corrected chi connectivity index (χ1v) is 8.11. The van der Waals surface area contributed by atoms with Gasteiger partial charge in [-0.2, -0.15) is 0 Å². The predicted octanol–water partition coefficient (Wildman–Crippen LogP) is 2.09. The molecular formula is C17H25N3O. The highest BCUT2D eigenvalue weighted by atomic mass is 16.2. The van der Waals surface area contributed by atoms with E-state index in [0.717, 1.165) is 19.6 Å². The second-order valence-electron chi connectivity index (χ2n) is 6.24. The molecule has 0 radical (unpaired) electrons. The lowest BCUT2D eigenvalue weighted by Gasteiger charge is -2.35. The van der Waals surface area contributed by atoms with Crippen LogP contribution in [0, 0.1) is 5.92 Å². The van der Waals surface area contributed by atoms with E-state index in [1.165, 1.54) is 31.4 Å². The fourth-order valence-electron chi connectivity index (χ4n) is 3.41. The zero-order chi connectivity index (χ0) is 14.5. The molecule has 1 saturated carbocycles. The van der Waals surface area contributed by atoms with E-state index in [9.17, 15) is 4.79 Å². The number of piperazine rings is 1. The van der Waals surface area contributed by atoms with Crippen LogP contribution in [0.2, 0.25) is 0 Å². The van der Waals surface area contributed by atoms with E-state index in [4.69, 9.17) is 0 Å². The Kier molecular flexibility index (Phi) is 4.76. The van der Waals surface area contributed by atoms with Crippen molar-refractivity contribution in [2.75, 3.05) is 31.5 Å². The largest absolute Gasteiger partial charge is 0.382 e. The Morgan fingerprint density at radius 3 is 2.62 bits per heavy atom. The van der Waals surface area contributed by atoms with Gasteiger partial charge in [0.05, 0.1) is 6.54 Å². The standard InChI is InChI=1S/C17H25N3O/c21-17-12-18-10-11-20(17)13-14-6-8-16(9-7-14)19-15-4-2-1-3-5-15/h1-5,14,16,18-19H,6-13H2. The number of nitrogens with zero attached hydrogens (tertiary/aromatic N) is 1. The lowest BCUT2D eigenvalue weighted by atomic mass is 9.85. The van der Waals surface area contributed by atoms with E-state index in [1.54, 1.807) is 0 Å². The summed E-state index contributed by atoms with van der Waals surface area (Å²) in [5.41, 5.74) is 1.22. The summed E-state index contributed by atoms with van der Waals surface area (Å²) in [7, 11) is 0. The van der Waals surface area contributed by atoms with Gasteiger partial charge < -0.3 is 15.5 Å². The van der Waals surface area contributed by atoms with Crippen LogP contribution in [-0.2, 0) is 4.79 Å². The number of anilines is 1. The van der Waals surface area contributed by atoms with E-state index in [2.05, 4.69) is 34.9 Å². The Bertz CT molecular complexity index is 454. The smallest absolute Gasteiger partial charge is 0.236 e. The topological polar surface area (TPSA) is 44.4 Å². The van der Waals surface area contributed by atoms with Gasteiger partial charge in [0, 0.05) is 31.4 Å². The number of para-hydroxylation sites is 1. The van der Waals surface area contributed by atoms with Crippen molar-refractivity contribution in [2.24, 2.45) is 5.92 Å². The third-order valence-corrected chi connectivity index (χ3v) is 4.66. The number of rotatable bonds is 4. The number of carbonyl (C=O) groups excluding carboxylic acids is 1. The summed E-state index contributed by atoms with van der Waals surface area (Å²) in [6.07, 6.45) is 4.86. The van der Waals surface area contributed by atoms with Crippen molar-refractivity contribution in [3.63, 3.8) is 0 Å². The lowest BCUT2D eigenvalue weighted by molar-refractivity contribution is -0.132. The molecule has 1 aliphatic heterocycles. The monoisotopic (exact) mass is 287 g/mol. The SMILES string of the molecule is O=C1CNCCN1CC1CCC(Nc2ccccc2)CC1. The molecule has 0 bridgehead atoms. The normalized spacial score (nSPS) is 26.7. The maximum absolute atomic E-state index is 11.8. The molecule has 0 spiro atoms. The van der Waals surface area contributed by atoms with Crippen molar-refractivity contribution < 1.29 is 4.79 Å². The van der Waals surface area contributed by atoms with Crippen molar-refractivity contribution >= 4 is 11.6 Å². The van der Waals surface area contributed by atoms with Crippen LogP contribution in [-0.4, -0.2) is 43.0 Å². The van der Waals surface area contributed by atoms with Crippen molar-refractivity contribution in [1.29, 1.82) is 0 Å². The number of hydrogen-bond acceptors (Lipinski definition) is 3. The highest BCUT2D eigenvalue weighted by Gasteiger charge is 2.25. The third kappa shape index (κ3) is 3.97. The minimum absolute atomic E-state index is 0.269. The molecule has 1 saturated heterocycles. The number of hydrogen-bond donors (Lipinski definition) is 2. The molecule has 2 aliphatic rings. The molecule has 0 aromatic heterocycles. The van der Waals surface area contributed by atoms with E-state index in [1.807, 2.05) is 11.0 Å². The Hall–Kier alpha value is -1.55. The van der Waals surface area contributed by atoms with Crippen LogP contribution in [0.3, 0.4) is 0 Å². The van der Waals surface area contributed by atoms with Crippen LogP contribution < -0.4 is 10.6 Å². The molecule has 1 heterocycles. The second kappa shape index (κ2) is 6.94. The van der Waals surface area contributed by atoms with Gasteiger partial charge >= 0.3 is 0 Å². The quantitative estimate of drug-likeness (QED) is 0.891. The summed E-state index contributed by atoms with van der Waals surface area (Å²) in [4.78, 5) is 13.9. The first-order valence-electron chi connectivity index (χ1n) is 8.11. The molecule has 114 valence electrons. The van der Waals surface area contributed by atoms with Gasteiger partial charge in [0.1, 0.15) is 0 Å². The Morgan fingerprint density at radius 1 is 1.14 bits per heavy atom. The minimum Gasteiger partial charge on any atom is -0.382 e. The van der Waals surface area contributed by atoms with Crippen molar-refractivity contribution in [3.05, 3.63) is 30.3 Å². The predicted molar refractivity (Wildman–Crippen MR) is 85.3 cm³/mol. The molecule has 0 unspecified atom stereocenters. The number of carbonyl (C=O) groups is 1. The summed E-state index contributed by atoms with van der Waals surface area (Å²) in [6.45, 7) is 3.29. The van der Waals surface area contributed by atoms with Gasteiger partial charge in [-0.05, 0) is 43.7 Å². The van der Waals surface area contributed by atoms with Crippen molar-refractivity contribution in [1.82, 2.24) is 10.2 Å². The van der Waals surface area contributed by atoms with Crippen LogP contribution in [0.5, 0.6) is 0 Å². The van der Waals surface area contributed by atoms with Crippen LogP contribution in [0.25, 0.3) is 0 Å². The van der Waals surface area contributed by atoms with Gasteiger partial charge in [-0.1, -0.05) is 18.2 Å². The van der Waals surface area contributed by atoms with E-state index in [-0.39, 0.29) is 5.91 Å². The molecule has 2 N–H and O–H groups in total. The molecule has 3 rings (SSSR count). The van der Waals surface area contributed by atoms with Crippen LogP contribution in [0.1, 0.15) is 25.7 Å². The summed E-state index contributed by atoms with van der Waals surface area (Å²) < 4.78 is 0. The summed E-state index contributed by atoms with van der Waals surface area (Å²) >= 11 is 0. The van der Waals surface area contributed by atoms with Gasteiger partial charge in [-0.25, -0.2) is 0 Å². The second-order valence-corrected chi connectivity index (χ2v) is 6.24. The summed E-state index contributed by atoms with van der Waals surface area (Å²) in [5, 5.41) is 6.76. The molecule has 21 heavy (non-hydrogen) atoms. The zero-order valence-corrected chi connectivity index (χ0v) is 12.6. The molecule has 1 aromatic carbocycles. The minimum atomic E-state index is 0.269. The van der Waals surface area contributed by atoms with Crippen LogP contribution in [0.4, 0.5) is 5.69 Å².